The molecule has 0 radical (unpaired) electrons. The topological polar surface area (TPSA) is 21.3 Å². The van der Waals surface area contributed by atoms with Gasteiger partial charge in [0, 0.05) is 18.3 Å². The van der Waals surface area contributed by atoms with Crippen molar-refractivity contribution in [2.45, 2.75) is 51.7 Å². The van der Waals surface area contributed by atoms with Crippen LogP contribution in [0.4, 0.5) is 5.69 Å². The number of nitrogens with one attached hydrogen (secondary N) is 1. The minimum atomic E-state index is 0.389. The lowest BCUT2D eigenvalue weighted by Crippen LogP contribution is -2.32. The fourth-order valence-electron chi connectivity index (χ4n) is 2.50. The smallest absolute Gasteiger partial charge is 0.0566 e. The number of para-hydroxylation sites is 1. The molecule has 2 nitrogen and oxygen atoms in total. The van der Waals surface area contributed by atoms with E-state index < -0.39 is 0 Å². The lowest BCUT2D eigenvalue weighted by atomic mass is 10.0. The van der Waals surface area contributed by atoms with Gasteiger partial charge in [0.05, 0.1) is 6.10 Å². The molecule has 0 spiro atoms. The molecule has 0 aromatic heterocycles. The van der Waals surface area contributed by atoms with E-state index in [-0.39, 0.29) is 0 Å². The molecule has 1 aromatic rings. The molecule has 2 heteroatoms. The molecular weight excluding hydrogens is 210 g/mol. The van der Waals surface area contributed by atoms with Crippen LogP contribution >= 0.6 is 0 Å². The van der Waals surface area contributed by atoms with Crippen LogP contribution in [0.15, 0.2) is 24.3 Å². The molecule has 17 heavy (non-hydrogen) atoms. The fourth-order valence-corrected chi connectivity index (χ4v) is 2.50. The quantitative estimate of drug-likeness (QED) is 0.857. The van der Waals surface area contributed by atoms with Crippen LogP contribution in [0.5, 0.6) is 0 Å². The van der Waals surface area contributed by atoms with Crippen molar-refractivity contribution in [1.29, 1.82) is 0 Å². The summed E-state index contributed by atoms with van der Waals surface area (Å²) in [6.07, 6.45) is 4.97. The molecule has 2 rings (SSSR count). The second-order valence-corrected chi connectivity index (χ2v) is 4.95. The molecule has 94 valence electrons. The molecule has 0 saturated carbocycles. The van der Waals surface area contributed by atoms with Gasteiger partial charge in [-0.3, -0.25) is 0 Å². The first-order chi connectivity index (χ1) is 8.29. The van der Waals surface area contributed by atoms with Crippen molar-refractivity contribution in [3.63, 3.8) is 0 Å². The van der Waals surface area contributed by atoms with Crippen molar-refractivity contribution in [3.05, 3.63) is 29.8 Å². The van der Waals surface area contributed by atoms with Gasteiger partial charge in [-0.25, -0.2) is 0 Å². The standard InChI is InChI=1S/C15H23NO/c1-3-6-13-7-4-5-8-15(13)16-14-9-10-17-12(2)11-14/h4-5,7-8,12,14,16H,3,6,9-11H2,1-2H3. The van der Waals surface area contributed by atoms with E-state index in [1.165, 1.54) is 17.7 Å². The van der Waals surface area contributed by atoms with Crippen LogP contribution in [0.1, 0.15) is 38.7 Å². The first-order valence-electron chi connectivity index (χ1n) is 6.75. The second kappa shape index (κ2) is 6.06. The minimum Gasteiger partial charge on any atom is -0.382 e. The Kier molecular flexibility index (Phi) is 4.43. The summed E-state index contributed by atoms with van der Waals surface area (Å²) in [6, 6.07) is 9.24. The van der Waals surface area contributed by atoms with Gasteiger partial charge in [-0.05, 0) is 37.8 Å². The van der Waals surface area contributed by atoms with Gasteiger partial charge in [0.1, 0.15) is 0 Å². The molecule has 2 atom stereocenters. The van der Waals surface area contributed by atoms with Crippen LogP contribution < -0.4 is 5.32 Å². The van der Waals surface area contributed by atoms with Crippen molar-refractivity contribution in [2.75, 3.05) is 11.9 Å². The zero-order chi connectivity index (χ0) is 12.1. The van der Waals surface area contributed by atoms with E-state index in [0.717, 1.165) is 25.9 Å². The zero-order valence-electron chi connectivity index (χ0n) is 10.9. The third-order valence-corrected chi connectivity index (χ3v) is 3.38. The maximum Gasteiger partial charge on any atom is 0.0566 e. The fraction of sp³-hybridized carbons (Fsp3) is 0.600. The average molecular weight is 233 g/mol. The number of benzene rings is 1. The highest BCUT2D eigenvalue weighted by molar-refractivity contribution is 5.51. The number of aryl methyl sites for hydroxylation is 1. The normalized spacial score (nSPS) is 24.6. The SMILES string of the molecule is CCCc1ccccc1NC1CCOC(C)C1. The zero-order valence-corrected chi connectivity index (χ0v) is 10.9. The molecule has 1 aromatic carbocycles. The molecule has 0 aliphatic carbocycles. The molecule has 1 aliphatic rings. The molecule has 0 bridgehead atoms. The van der Waals surface area contributed by atoms with Crippen LogP contribution in [0, 0.1) is 0 Å². The Morgan fingerprint density at radius 3 is 2.94 bits per heavy atom. The Hall–Kier alpha value is -1.02. The molecule has 1 N–H and O–H groups in total. The summed E-state index contributed by atoms with van der Waals surface area (Å²) >= 11 is 0. The summed E-state index contributed by atoms with van der Waals surface area (Å²) in [5, 5.41) is 3.68. The van der Waals surface area contributed by atoms with Crippen LogP contribution in [-0.4, -0.2) is 18.8 Å². The van der Waals surface area contributed by atoms with E-state index in [9.17, 15) is 0 Å². The maximum atomic E-state index is 5.58. The Morgan fingerprint density at radius 2 is 2.18 bits per heavy atom. The minimum absolute atomic E-state index is 0.389. The molecule has 0 amide bonds. The van der Waals surface area contributed by atoms with Crippen molar-refractivity contribution >= 4 is 5.69 Å². The Balaban J connectivity index is 2.01. The highest BCUT2D eigenvalue weighted by atomic mass is 16.5. The number of hydrogen-bond donors (Lipinski definition) is 1. The summed E-state index contributed by atoms with van der Waals surface area (Å²) in [5.41, 5.74) is 2.75. The molecule has 1 heterocycles. The summed E-state index contributed by atoms with van der Waals surface area (Å²) in [6.45, 7) is 5.27. The van der Waals surface area contributed by atoms with Crippen molar-refractivity contribution in [1.82, 2.24) is 0 Å². The predicted molar refractivity (Wildman–Crippen MR) is 72.5 cm³/mol. The van der Waals surface area contributed by atoms with Crippen LogP contribution in [0.2, 0.25) is 0 Å². The lowest BCUT2D eigenvalue weighted by Gasteiger charge is -2.29. The molecule has 1 saturated heterocycles. The number of rotatable bonds is 4. The predicted octanol–water partition coefficient (Wildman–Crippen LogP) is 3.62. The van der Waals surface area contributed by atoms with Gasteiger partial charge in [0.15, 0.2) is 0 Å². The summed E-state index contributed by atoms with van der Waals surface area (Å²) in [4.78, 5) is 0. The molecule has 1 fully saturated rings. The average Bonchev–Trinajstić information content (AvgIpc) is 2.32. The summed E-state index contributed by atoms with van der Waals surface area (Å²) in [7, 11) is 0. The van der Waals surface area contributed by atoms with E-state index >= 15 is 0 Å². The highest BCUT2D eigenvalue weighted by Gasteiger charge is 2.19. The van der Waals surface area contributed by atoms with Crippen molar-refractivity contribution < 1.29 is 4.74 Å². The number of hydrogen-bond acceptors (Lipinski definition) is 2. The highest BCUT2D eigenvalue weighted by Crippen LogP contribution is 2.22. The third-order valence-electron chi connectivity index (χ3n) is 3.38. The van der Waals surface area contributed by atoms with Gasteiger partial charge >= 0.3 is 0 Å². The van der Waals surface area contributed by atoms with E-state index in [1.807, 2.05) is 0 Å². The third kappa shape index (κ3) is 3.47. The Morgan fingerprint density at radius 1 is 1.35 bits per heavy atom. The van der Waals surface area contributed by atoms with E-state index in [4.69, 9.17) is 4.74 Å². The molecule has 2 unspecified atom stereocenters. The second-order valence-electron chi connectivity index (χ2n) is 4.95. The number of ether oxygens (including phenoxy) is 1. The summed E-state index contributed by atoms with van der Waals surface area (Å²) in [5.74, 6) is 0. The first-order valence-corrected chi connectivity index (χ1v) is 6.75. The first kappa shape index (κ1) is 12.4. The van der Waals surface area contributed by atoms with Crippen LogP contribution in [0.25, 0.3) is 0 Å². The Labute approximate surface area is 104 Å². The van der Waals surface area contributed by atoms with E-state index in [0.29, 0.717) is 12.1 Å². The van der Waals surface area contributed by atoms with E-state index in [2.05, 4.69) is 43.4 Å². The van der Waals surface area contributed by atoms with Crippen molar-refractivity contribution in [2.24, 2.45) is 0 Å². The van der Waals surface area contributed by atoms with Gasteiger partial charge < -0.3 is 10.1 Å². The Bertz CT molecular complexity index is 351. The van der Waals surface area contributed by atoms with E-state index in [1.54, 1.807) is 0 Å². The monoisotopic (exact) mass is 233 g/mol. The van der Waals surface area contributed by atoms with Gasteiger partial charge in [-0.1, -0.05) is 31.5 Å². The van der Waals surface area contributed by atoms with Gasteiger partial charge in [0.2, 0.25) is 0 Å². The van der Waals surface area contributed by atoms with Gasteiger partial charge in [-0.15, -0.1) is 0 Å². The maximum absolute atomic E-state index is 5.58. The molecular formula is C15H23NO. The largest absolute Gasteiger partial charge is 0.382 e. The summed E-state index contributed by atoms with van der Waals surface area (Å²) < 4.78 is 5.58. The lowest BCUT2D eigenvalue weighted by molar-refractivity contribution is 0.0232. The van der Waals surface area contributed by atoms with Gasteiger partial charge in [-0.2, -0.15) is 0 Å². The molecule has 1 aliphatic heterocycles. The van der Waals surface area contributed by atoms with Gasteiger partial charge in [0.25, 0.3) is 0 Å². The number of anilines is 1. The van der Waals surface area contributed by atoms with Crippen LogP contribution in [-0.2, 0) is 11.2 Å². The van der Waals surface area contributed by atoms with Crippen molar-refractivity contribution in [3.8, 4) is 0 Å². The van der Waals surface area contributed by atoms with Crippen LogP contribution in [0.3, 0.4) is 0 Å².